The summed E-state index contributed by atoms with van der Waals surface area (Å²) in [7, 11) is 0. The fourth-order valence-electron chi connectivity index (χ4n) is 3.26. The minimum atomic E-state index is -0.296. The molecule has 0 fully saturated rings. The van der Waals surface area contributed by atoms with Crippen molar-refractivity contribution >= 4 is 40.9 Å². The lowest BCUT2D eigenvalue weighted by atomic mass is 10.0. The van der Waals surface area contributed by atoms with Crippen LogP contribution in [0.25, 0.3) is 0 Å². The minimum Gasteiger partial charge on any atom is -0.342 e. The number of carbonyl (C=O) groups is 1. The van der Waals surface area contributed by atoms with Gasteiger partial charge >= 0.3 is 0 Å². The molecule has 5 nitrogen and oxygen atoms in total. The van der Waals surface area contributed by atoms with Gasteiger partial charge in [-0.2, -0.15) is 0 Å². The Morgan fingerprint density at radius 3 is 2.62 bits per heavy atom. The van der Waals surface area contributed by atoms with E-state index in [1.165, 1.54) is 0 Å². The van der Waals surface area contributed by atoms with E-state index in [9.17, 15) is 4.79 Å². The number of nitrogens with one attached hydrogen (secondary N) is 1. The summed E-state index contributed by atoms with van der Waals surface area (Å²) in [4.78, 5) is 12.9. The predicted octanol–water partition coefficient (Wildman–Crippen LogP) is 6.50. The van der Waals surface area contributed by atoms with Gasteiger partial charge in [-0.3, -0.25) is 4.79 Å². The molecule has 0 aliphatic carbocycles. The van der Waals surface area contributed by atoms with Crippen LogP contribution < -0.4 is 5.32 Å². The number of rotatable bonds is 9. The number of aryl methyl sites for hydroxylation is 1. The molecule has 1 atom stereocenters. The molecule has 0 saturated heterocycles. The van der Waals surface area contributed by atoms with Crippen LogP contribution in [0.2, 0.25) is 10.0 Å². The van der Waals surface area contributed by atoms with E-state index in [4.69, 9.17) is 23.2 Å². The maximum Gasteiger partial charge on any atom is 0.251 e. The second-order valence-electron chi connectivity index (χ2n) is 7.84. The molecule has 0 radical (unpaired) electrons. The summed E-state index contributed by atoms with van der Waals surface area (Å²) in [5.74, 6) is 1.35. The molecule has 8 heteroatoms. The number of allylic oxidation sites excluding steroid dienone is 1. The molecule has 0 aliphatic heterocycles. The van der Waals surface area contributed by atoms with Gasteiger partial charge in [0, 0.05) is 17.9 Å². The molecule has 32 heavy (non-hydrogen) atoms. The molecule has 2 aromatic carbocycles. The highest BCUT2D eigenvalue weighted by Gasteiger charge is 2.26. The van der Waals surface area contributed by atoms with Gasteiger partial charge in [-0.1, -0.05) is 78.6 Å². The molecule has 3 aromatic rings. The number of aromatic nitrogens is 3. The first kappa shape index (κ1) is 24.4. The lowest BCUT2D eigenvalue weighted by Crippen LogP contribution is -2.33. The van der Waals surface area contributed by atoms with E-state index in [0.29, 0.717) is 33.7 Å². The van der Waals surface area contributed by atoms with Gasteiger partial charge in [0.2, 0.25) is 0 Å². The largest absolute Gasteiger partial charge is 0.342 e. The third kappa shape index (κ3) is 5.94. The standard InChI is InChI=1S/C24H26Cl2N4OS/c1-5-11-30-22(21(15(2)3)27-23(31)18-8-6-7-16(4)12-18)28-29-24(30)32-14-17-9-10-19(25)20(26)13-17/h5-10,12-13,15,21H,1,11,14H2,2-4H3,(H,27,31)/t21-/m0/s1. The molecule has 0 unspecified atom stereocenters. The highest BCUT2D eigenvalue weighted by Crippen LogP contribution is 2.29. The first-order valence-electron chi connectivity index (χ1n) is 10.3. The normalized spacial score (nSPS) is 12.1. The number of hydrogen-bond donors (Lipinski definition) is 1. The van der Waals surface area contributed by atoms with Crippen molar-refractivity contribution in [3.8, 4) is 0 Å². The lowest BCUT2D eigenvalue weighted by molar-refractivity contribution is 0.0922. The van der Waals surface area contributed by atoms with Gasteiger partial charge in [0.05, 0.1) is 16.1 Å². The van der Waals surface area contributed by atoms with Crippen molar-refractivity contribution in [1.82, 2.24) is 20.1 Å². The first-order valence-corrected chi connectivity index (χ1v) is 12.0. The van der Waals surface area contributed by atoms with Gasteiger partial charge in [-0.05, 0) is 42.7 Å². The summed E-state index contributed by atoms with van der Waals surface area (Å²) < 4.78 is 2.00. The maximum absolute atomic E-state index is 12.9. The number of carbonyl (C=O) groups excluding carboxylic acids is 1. The SMILES string of the molecule is C=CCn1c(SCc2ccc(Cl)c(Cl)c2)nnc1[C@@H](NC(=O)c1cccc(C)c1)C(C)C. The monoisotopic (exact) mass is 488 g/mol. The smallest absolute Gasteiger partial charge is 0.251 e. The molecule has 1 N–H and O–H groups in total. The van der Waals surface area contributed by atoms with Crippen molar-refractivity contribution in [3.63, 3.8) is 0 Å². The van der Waals surface area contributed by atoms with Crippen molar-refractivity contribution < 1.29 is 4.79 Å². The molecule has 0 spiro atoms. The fourth-order valence-corrected chi connectivity index (χ4v) is 4.47. The van der Waals surface area contributed by atoms with E-state index in [2.05, 4.69) is 35.9 Å². The Bertz CT molecular complexity index is 1110. The lowest BCUT2D eigenvalue weighted by Gasteiger charge is -2.22. The van der Waals surface area contributed by atoms with Crippen LogP contribution >= 0.6 is 35.0 Å². The molecule has 0 aliphatic rings. The van der Waals surface area contributed by atoms with Crippen LogP contribution in [-0.2, 0) is 12.3 Å². The number of halogens is 2. The van der Waals surface area contributed by atoms with E-state index in [1.54, 1.807) is 23.9 Å². The summed E-state index contributed by atoms with van der Waals surface area (Å²) >= 11 is 13.7. The number of benzene rings is 2. The van der Waals surface area contributed by atoms with Gasteiger partial charge < -0.3 is 9.88 Å². The van der Waals surface area contributed by atoms with Crippen LogP contribution in [-0.4, -0.2) is 20.7 Å². The van der Waals surface area contributed by atoms with Crippen molar-refractivity contribution in [2.24, 2.45) is 5.92 Å². The topological polar surface area (TPSA) is 59.8 Å². The molecule has 0 bridgehead atoms. The first-order chi connectivity index (χ1) is 15.3. The van der Waals surface area contributed by atoms with E-state index in [1.807, 2.05) is 47.9 Å². The zero-order chi connectivity index (χ0) is 23.3. The highest BCUT2D eigenvalue weighted by atomic mass is 35.5. The molecule has 0 saturated carbocycles. The third-order valence-corrected chi connectivity index (χ3v) is 6.70. The number of thioether (sulfide) groups is 1. The van der Waals surface area contributed by atoms with Crippen LogP contribution in [0.1, 0.15) is 47.2 Å². The molecule has 1 amide bonds. The molecule has 1 heterocycles. The average molecular weight is 489 g/mol. The Balaban J connectivity index is 1.83. The molecular formula is C24H26Cl2N4OS. The van der Waals surface area contributed by atoms with Crippen molar-refractivity contribution in [2.45, 2.75) is 44.3 Å². The van der Waals surface area contributed by atoms with Crippen molar-refractivity contribution in [3.05, 3.63) is 87.7 Å². The van der Waals surface area contributed by atoms with E-state index >= 15 is 0 Å². The second-order valence-corrected chi connectivity index (χ2v) is 9.60. The Morgan fingerprint density at radius 2 is 1.97 bits per heavy atom. The van der Waals surface area contributed by atoms with Gasteiger partial charge in [-0.15, -0.1) is 16.8 Å². The third-order valence-electron chi connectivity index (χ3n) is 4.92. The summed E-state index contributed by atoms with van der Waals surface area (Å²) in [5.41, 5.74) is 2.70. The Kier molecular flexibility index (Phi) is 8.40. The molecular weight excluding hydrogens is 463 g/mol. The van der Waals surface area contributed by atoms with Crippen LogP contribution in [0.5, 0.6) is 0 Å². The number of amides is 1. The maximum atomic E-state index is 12.9. The van der Waals surface area contributed by atoms with Gasteiger partial charge in [-0.25, -0.2) is 0 Å². The van der Waals surface area contributed by atoms with Crippen LogP contribution in [0.3, 0.4) is 0 Å². The van der Waals surface area contributed by atoms with Crippen molar-refractivity contribution in [1.29, 1.82) is 0 Å². The highest BCUT2D eigenvalue weighted by molar-refractivity contribution is 7.98. The summed E-state index contributed by atoms with van der Waals surface area (Å²) in [5, 5.41) is 13.8. The molecule has 168 valence electrons. The Morgan fingerprint density at radius 1 is 1.19 bits per heavy atom. The van der Waals surface area contributed by atoms with Gasteiger partial charge in [0.1, 0.15) is 0 Å². The summed E-state index contributed by atoms with van der Waals surface area (Å²) in [6.45, 7) is 10.5. The second kappa shape index (κ2) is 11.0. The molecule has 1 aromatic heterocycles. The average Bonchev–Trinajstić information content (AvgIpc) is 3.15. The van der Waals surface area contributed by atoms with Crippen LogP contribution in [0.4, 0.5) is 0 Å². The number of nitrogens with zero attached hydrogens (tertiary/aromatic N) is 3. The summed E-state index contributed by atoms with van der Waals surface area (Å²) in [6, 6.07) is 12.8. The van der Waals surface area contributed by atoms with E-state index in [0.717, 1.165) is 16.3 Å². The van der Waals surface area contributed by atoms with E-state index in [-0.39, 0.29) is 17.9 Å². The minimum absolute atomic E-state index is 0.115. The molecule has 3 rings (SSSR count). The Hall–Kier alpha value is -2.28. The van der Waals surface area contributed by atoms with Crippen molar-refractivity contribution in [2.75, 3.05) is 0 Å². The van der Waals surface area contributed by atoms with Crippen LogP contribution in [0, 0.1) is 12.8 Å². The van der Waals surface area contributed by atoms with Gasteiger partial charge in [0.15, 0.2) is 11.0 Å². The zero-order valence-corrected chi connectivity index (χ0v) is 20.6. The quantitative estimate of drug-likeness (QED) is 0.275. The number of hydrogen-bond acceptors (Lipinski definition) is 4. The van der Waals surface area contributed by atoms with Gasteiger partial charge in [0.25, 0.3) is 5.91 Å². The Labute approximate surface area is 203 Å². The fraction of sp³-hybridized carbons (Fsp3) is 0.292. The van der Waals surface area contributed by atoms with Crippen LogP contribution in [0.15, 0.2) is 60.3 Å². The summed E-state index contributed by atoms with van der Waals surface area (Å²) in [6.07, 6.45) is 1.80. The van der Waals surface area contributed by atoms with E-state index < -0.39 is 0 Å². The zero-order valence-electron chi connectivity index (χ0n) is 18.3. The predicted molar refractivity (Wildman–Crippen MR) is 132 cm³/mol.